The van der Waals surface area contributed by atoms with Crippen molar-refractivity contribution in [3.63, 3.8) is 0 Å². The summed E-state index contributed by atoms with van der Waals surface area (Å²) >= 11 is 7.14. The SMILES string of the molecule is Cc1nc2c(c(C)c(C)n2-c2c(C)cc(Br)cc2Br)c(=O)[nH]1. The van der Waals surface area contributed by atoms with Gasteiger partial charge in [0.15, 0.2) is 5.65 Å². The molecule has 22 heavy (non-hydrogen) atoms. The largest absolute Gasteiger partial charge is 0.310 e. The lowest BCUT2D eigenvalue weighted by atomic mass is 10.2. The lowest BCUT2D eigenvalue weighted by Gasteiger charge is -2.14. The minimum atomic E-state index is -0.0901. The van der Waals surface area contributed by atoms with Crippen LogP contribution in [0.3, 0.4) is 0 Å². The molecular formula is C16H15Br2N3O. The minimum Gasteiger partial charge on any atom is -0.310 e. The number of fused-ring (bicyclic) bond motifs is 1. The number of hydrogen-bond donors (Lipinski definition) is 1. The summed E-state index contributed by atoms with van der Waals surface area (Å²) in [6.45, 7) is 7.82. The number of rotatable bonds is 1. The van der Waals surface area contributed by atoms with E-state index in [1.165, 1.54) is 0 Å². The number of halogens is 2. The van der Waals surface area contributed by atoms with Gasteiger partial charge in [-0.2, -0.15) is 0 Å². The second kappa shape index (κ2) is 5.35. The molecule has 2 heterocycles. The van der Waals surface area contributed by atoms with E-state index in [0.717, 1.165) is 31.5 Å². The van der Waals surface area contributed by atoms with Gasteiger partial charge >= 0.3 is 0 Å². The minimum absolute atomic E-state index is 0.0901. The average Bonchev–Trinajstić information content (AvgIpc) is 2.62. The lowest BCUT2D eigenvalue weighted by Crippen LogP contribution is -2.11. The molecule has 4 nitrogen and oxygen atoms in total. The van der Waals surface area contributed by atoms with Crippen LogP contribution in [0.5, 0.6) is 0 Å². The highest BCUT2D eigenvalue weighted by atomic mass is 79.9. The van der Waals surface area contributed by atoms with E-state index in [1.807, 2.05) is 26.8 Å². The van der Waals surface area contributed by atoms with Gasteiger partial charge in [-0.05, 0) is 66.9 Å². The molecule has 0 bridgehead atoms. The first-order valence-corrected chi connectivity index (χ1v) is 8.44. The van der Waals surface area contributed by atoms with Crippen LogP contribution in [0.15, 0.2) is 25.9 Å². The summed E-state index contributed by atoms with van der Waals surface area (Å²) in [4.78, 5) is 19.7. The van der Waals surface area contributed by atoms with E-state index in [9.17, 15) is 4.79 Å². The Bertz CT molecular complexity index is 947. The van der Waals surface area contributed by atoms with E-state index in [2.05, 4.69) is 52.5 Å². The predicted octanol–water partition coefficient (Wildman–Crippen LogP) is 4.47. The van der Waals surface area contributed by atoms with Gasteiger partial charge in [0, 0.05) is 14.6 Å². The third-order valence-electron chi connectivity index (χ3n) is 3.93. The molecule has 0 radical (unpaired) electrons. The molecule has 0 amide bonds. The van der Waals surface area contributed by atoms with Gasteiger partial charge in [0.2, 0.25) is 0 Å². The molecule has 114 valence electrons. The molecule has 0 aliphatic heterocycles. The molecule has 0 spiro atoms. The van der Waals surface area contributed by atoms with Gasteiger partial charge in [-0.1, -0.05) is 15.9 Å². The fraction of sp³-hybridized carbons (Fsp3) is 0.250. The van der Waals surface area contributed by atoms with E-state index in [4.69, 9.17) is 0 Å². The van der Waals surface area contributed by atoms with Crippen molar-refractivity contribution in [2.75, 3.05) is 0 Å². The maximum absolute atomic E-state index is 12.3. The molecule has 1 aromatic carbocycles. The molecule has 3 aromatic rings. The first kappa shape index (κ1) is 15.5. The van der Waals surface area contributed by atoms with Crippen molar-refractivity contribution in [3.8, 4) is 5.69 Å². The van der Waals surface area contributed by atoms with Crippen LogP contribution in [0, 0.1) is 27.7 Å². The fourth-order valence-corrected chi connectivity index (χ4v) is 4.45. The summed E-state index contributed by atoms with van der Waals surface area (Å²) < 4.78 is 4.02. The van der Waals surface area contributed by atoms with Gasteiger partial charge in [-0.15, -0.1) is 0 Å². The van der Waals surface area contributed by atoms with E-state index >= 15 is 0 Å². The highest BCUT2D eigenvalue weighted by Gasteiger charge is 2.19. The van der Waals surface area contributed by atoms with Gasteiger partial charge < -0.3 is 4.98 Å². The predicted molar refractivity (Wildman–Crippen MR) is 96.0 cm³/mol. The summed E-state index contributed by atoms with van der Waals surface area (Å²) in [6, 6.07) is 4.06. The summed E-state index contributed by atoms with van der Waals surface area (Å²) in [5.74, 6) is 0.613. The zero-order valence-electron chi connectivity index (χ0n) is 12.7. The Morgan fingerprint density at radius 1 is 1.14 bits per heavy atom. The molecule has 0 aliphatic rings. The number of aromatic amines is 1. The molecule has 0 unspecified atom stereocenters. The molecule has 0 saturated carbocycles. The molecular weight excluding hydrogens is 410 g/mol. The Labute approximate surface area is 144 Å². The normalized spacial score (nSPS) is 11.4. The smallest absolute Gasteiger partial charge is 0.260 e. The summed E-state index contributed by atoms with van der Waals surface area (Å²) in [5, 5.41) is 0.650. The van der Waals surface area contributed by atoms with Crippen molar-refractivity contribution in [2.24, 2.45) is 0 Å². The monoisotopic (exact) mass is 423 g/mol. The number of aryl methyl sites for hydroxylation is 3. The number of aromatic nitrogens is 3. The van der Waals surface area contributed by atoms with Crippen molar-refractivity contribution in [1.82, 2.24) is 14.5 Å². The van der Waals surface area contributed by atoms with Crippen molar-refractivity contribution in [1.29, 1.82) is 0 Å². The summed E-state index contributed by atoms with van der Waals surface area (Å²) in [6.07, 6.45) is 0. The number of hydrogen-bond acceptors (Lipinski definition) is 2. The Kier molecular flexibility index (Phi) is 3.77. The van der Waals surface area contributed by atoms with Crippen molar-refractivity contribution in [2.45, 2.75) is 27.7 Å². The number of nitrogens with zero attached hydrogens (tertiary/aromatic N) is 2. The summed E-state index contributed by atoms with van der Waals surface area (Å²) in [5.41, 5.74) is 4.69. The first-order valence-electron chi connectivity index (χ1n) is 6.85. The highest BCUT2D eigenvalue weighted by Crippen LogP contribution is 2.33. The Morgan fingerprint density at radius 3 is 2.45 bits per heavy atom. The molecule has 0 aliphatic carbocycles. The van der Waals surface area contributed by atoms with Gasteiger partial charge in [0.05, 0.1) is 11.1 Å². The molecule has 0 fully saturated rings. The van der Waals surface area contributed by atoms with E-state index in [1.54, 1.807) is 6.92 Å². The molecule has 6 heteroatoms. The lowest BCUT2D eigenvalue weighted by molar-refractivity contribution is 0.973. The van der Waals surface area contributed by atoms with Crippen LogP contribution < -0.4 is 5.56 Å². The van der Waals surface area contributed by atoms with Crippen LogP contribution in [0.2, 0.25) is 0 Å². The Morgan fingerprint density at radius 2 is 1.82 bits per heavy atom. The van der Waals surface area contributed by atoms with Crippen LogP contribution in [-0.4, -0.2) is 14.5 Å². The van der Waals surface area contributed by atoms with Crippen molar-refractivity contribution < 1.29 is 0 Å². The van der Waals surface area contributed by atoms with Crippen molar-refractivity contribution in [3.05, 3.63) is 54.1 Å². The highest BCUT2D eigenvalue weighted by molar-refractivity contribution is 9.11. The first-order chi connectivity index (χ1) is 10.3. The number of H-pyrrole nitrogens is 1. The van der Waals surface area contributed by atoms with Gasteiger partial charge in [-0.25, -0.2) is 4.98 Å². The van der Waals surface area contributed by atoms with Gasteiger partial charge in [-0.3, -0.25) is 9.36 Å². The van der Waals surface area contributed by atoms with E-state index in [0.29, 0.717) is 16.9 Å². The maximum Gasteiger partial charge on any atom is 0.260 e. The summed E-state index contributed by atoms with van der Waals surface area (Å²) in [7, 11) is 0. The maximum atomic E-state index is 12.3. The zero-order valence-corrected chi connectivity index (χ0v) is 15.9. The third-order valence-corrected chi connectivity index (χ3v) is 4.99. The zero-order chi connectivity index (χ0) is 16.2. The van der Waals surface area contributed by atoms with Crippen LogP contribution in [0.4, 0.5) is 0 Å². The number of nitrogens with one attached hydrogen (secondary N) is 1. The van der Waals surface area contributed by atoms with Gasteiger partial charge in [0.25, 0.3) is 5.56 Å². The second-order valence-corrected chi connectivity index (χ2v) is 7.22. The van der Waals surface area contributed by atoms with Crippen LogP contribution >= 0.6 is 31.9 Å². The molecule has 0 atom stereocenters. The Hall–Kier alpha value is -1.40. The fourth-order valence-electron chi connectivity index (χ4n) is 2.83. The molecule has 2 aromatic heterocycles. The molecule has 1 N–H and O–H groups in total. The van der Waals surface area contributed by atoms with Crippen LogP contribution in [0.25, 0.3) is 16.7 Å². The quantitative estimate of drug-likeness (QED) is 0.626. The van der Waals surface area contributed by atoms with Crippen LogP contribution in [0.1, 0.15) is 22.6 Å². The van der Waals surface area contributed by atoms with Crippen LogP contribution in [-0.2, 0) is 0 Å². The molecule has 0 saturated heterocycles. The topological polar surface area (TPSA) is 50.7 Å². The van der Waals surface area contributed by atoms with Crippen molar-refractivity contribution >= 4 is 42.9 Å². The third kappa shape index (κ3) is 2.25. The Balaban J connectivity index is 2.53. The number of benzene rings is 1. The van der Waals surface area contributed by atoms with E-state index in [-0.39, 0.29) is 5.56 Å². The van der Waals surface area contributed by atoms with Gasteiger partial charge in [0.1, 0.15) is 5.82 Å². The van der Waals surface area contributed by atoms with E-state index < -0.39 is 0 Å². The molecule has 3 rings (SSSR count). The average molecular weight is 425 g/mol. The second-order valence-electron chi connectivity index (χ2n) is 5.45. The standard InChI is InChI=1S/C16H15Br2N3O/c1-7-5-11(17)6-12(18)14(7)21-9(3)8(2)13-15(21)19-10(4)20-16(13)22/h5-6H,1-4H3,(H,19,20,22).